The second kappa shape index (κ2) is 1.45. The van der Waals surface area contributed by atoms with E-state index in [0.717, 1.165) is 0 Å². The standard InChI is InChI=1S/C4H9NO2S/c1-8(6,7)4-2-3(4)5/h3-4H,2,5H2,1H3/t3-,4+/m1/s1. The van der Waals surface area contributed by atoms with Crippen molar-refractivity contribution in [3.8, 4) is 0 Å². The molecular formula is C4H9NO2S. The Balaban J connectivity index is 2.66. The van der Waals surface area contributed by atoms with E-state index in [4.69, 9.17) is 5.73 Å². The van der Waals surface area contributed by atoms with E-state index in [2.05, 4.69) is 0 Å². The van der Waals surface area contributed by atoms with Gasteiger partial charge in [0.05, 0.1) is 5.25 Å². The van der Waals surface area contributed by atoms with Gasteiger partial charge in [-0.3, -0.25) is 0 Å². The molecule has 0 aromatic carbocycles. The predicted octanol–water partition coefficient (Wildman–Crippen LogP) is -0.869. The Labute approximate surface area is 48.8 Å². The maximum Gasteiger partial charge on any atom is 0.151 e. The predicted molar refractivity (Wildman–Crippen MR) is 31.2 cm³/mol. The molecule has 0 heterocycles. The molecule has 0 aromatic heterocycles. The summed E-state index contributed by atoms with van der Waals surface area (Å²) in [5.41, 5.74) is 5.27. The average molecular weight is 135 g/mol. The van der Waals surface area contributed by atoms with Crippen molar-refractivity contribution in [3.05, 3.63) is 0 Å². The molecule has 2 atom stereocenters. The van der Waals surface area contributed by atoms with Crippen LogP contribution in [0.25, 0.3) is 0 Å². The highest BCUT2D eigenvalue weighted by Crippen LogP contribution is 2.25. The molecule has 8 heavy (non-hydrogen) atoms. The monoisotopic (exact) mass is 135 g/mol. The SMILES string of the molecule is CS(=O)(=O)[C@H]1C[C@H]1N. The fourth-order valence-electron chi connectivity index (χ4n) is 0.682. The van der Waals surface area contributed by atoms with Gasteiger partial charge in [0.2, 0.25) is 0 Å². The third-order valence-electron chi connectivity index (χ3n) is 1.33. The molecule has 0 spiro atoms. The first-order valence-corrected chi connectivity index (χ1v) is 4.42. The number of hydrogen-bond acceptors (Lipinski definition) is 3. The molecule has 48 valence electrons. The van der Waals surface area contributed by atoms with Crippen LogP contribution in [0, 0.1) is 0 Å². The largest absolute Gasteiger partial charge is 0.326 e. The highest BCUT2D eigenvalue weighted by Gasteiger charge is 2.41. The first kappa shape index (κ1) is 6.04. The van der Waals surface area contributed by atoms with Gasteiger partial charge in [-0.25, -0.2) is 8.42 Å². The van der Waals surface area contributed by atoms with Crippen LogP contribution in [0.2, 0.25) is 0 Å². The molecule has 0 saturated heterocycles. The molecular weight excluding hydrogens is 126 g/mol. The first-order chi connectivity index (χ1) is 3.52. The molecule has 1 aliphatic rings. The van der Waals surface area contributed by atoms with Crippen LogP contribution in [-0.4, -0.2) is 26.0 Å². The summed E-state index contributed by atoms with van der Waals surface area (Å²) in [6.07, 6.45) is 1.88. The number of nitrogens with two attached hydrogens (primary N) is 1. The highest BCUT2D eigenvalue weighted by atomic mass is 32.2. The van der Waals surface area contributed by atoms with E-state index in [1.807, 2.05) is 0 Å². The van der Waals surface area contributed by atoms with Crippen molar-refractivity contribution in [2.24, 2.45) is 5.73 Å². The zero-order valence-electron chi connectivity index (χ0n) is 4.66. The van der Waals surface area contributed by atoms with Gasteiger partial charge in [-0.05, 0) is 6.42 Å². The van der Waals surface area contributed by atoms with Gasteiger partial charge in [0.1, 0.15) is 0 Å². The lowest BCUT2D eigenvalue weighted by molar-refractivity contribution is 0.600. The van der Waals surface area contributed by atoms with Crippen LogP contribution in [0.4, 0.5) is 0 Å². The minimum atomic E-state index is -2.80. The van der Waals surface area contributed by atoms with Crippen LogP contribution < -0.4 is 5.73 Å². The summed E-state index contributed by atoms with van der Waals surface area (Å²) in [7, 11) is -2.80. The maximum absolute atomic E-state index is 10.5. The third kappa shape index (κ3) is 1.00. The maximum atomic E-state index is 10.5. The molecule has 0 amide bonds. The summed E-state index contributed by atoms with van der Waals surface area (Å²) in [6, 6.07) is -0.0787. The summed E-state index contributed by atoms with van der Waals surface area (Å²) in [6.45, 7) is 0. The lowest BCUT2D eigenvalue weighted by Crippen LogP contribution is -2.13. The molecule has 2 N–H and O–H groups in total. The minimum Gasteiger partial charge on any atom is -0.326 e. The van der Waals surface area contributed by atoms with Crippen molar-refractivity contribution in [2.75, 3.05) is 6.26 Å². The smallest absolute Gasteiger partial charge is 0.151 e. The van der Waals surface area contributed by atoms with E-state index < -0.39 is 9.84 Å². The van der Waals surface area contributed by atoms with Gasteiger partial charge in [0.25, 0.3) is 0 Å². The Bertz CT molecular complexity index is 184. The van der Waals surface area contributed by atoms with Crippen LogP contribution in [-0.2, 0) is 9.84 Å². The average Bonchev–Trinajstić information content (AvgIpc) is 2.13. The molecule has 0 aliphatic heterocycles. The van der Waals surface area contributed by atoms with Crippen molar-refractivity contribution < 1.29 is 8.42 Å². The highest BCUT2D eigenvalue weighted by molar-refractivity contribution is 7.91. The number of sulfone groups is 1. The molecule has 1 fully saturated rings. The quantitative estimate of drug-likeness (QED) is 0.508. The molecule has 0 bridgehead atoms. The lowest BCUT2D eigenvalue weighted by Gasteiger charge is -1.87. The molecule has 4 heteroatoms. The zero-order valence-corrected chi connectivity index (χ0v) is 5.48. The molecule has 1 saturated carbocycles. The number of rotatable bonds is 1. The molecule has 1 rings (SSSR count). The first-order valence-electron chi connectivity index (χ1n) is 2.46. The molecule has 0 aromatic rings. The zero-order chi connectivity index (χ0) is 6.36. The minimum absolute atomic E-state index is 0.0787. The van der Waals surface area contributed by atoms with Crippen molar-refractivity contribution in [3.63, 3.8) is 0 Å². The Hall–Kier alpha value is -0.0900. The lowest BCUT2D eigenvalue weighted by atomic mass is 10.8. The van der Waals surface area contributed by atoms with Gasteiger partial charge in [0, 0.05) is 12.3 Å². The topological polar surface area (TPSA) is 60.2 Å². The van der Waals surface area contributed by atoms with E-state index >= 15 is 0 Å². The molecule has 0 unspecified atom stereocenters. The van der Waals surface area contributed by atoms with E-state index in [9.17, 15) is 8.42 Å². The molecule has 3 nitrogen and oxygen atoms in total. The van der Waals surface area contributed by atoms with Crippen LogP contribution in [0.15, 0.2) is 0 Å². The summed E-state index contributed by atoms with van der Waals surface area (Å²) in [5, 5.41) is -0.234. The number of hydrogen-bond donors (Lipinski definition) is 1. The second-order valence-corrected chi connectivity index (χ2v) is 4.53. The Morgan fingerprint density at radius 2 is 2.00 bits per heavy atom. The Morgan fingerprint density at radius 1 is 1.62 bits per heavy atom. The second-order valence-electron chi connectivity index (χ2n) is 2.27. The van der Waals surface area contributed by atoms with Gasteiger partial charge in [0.15, 0.2) is 9.84 Å². The summed E-state index contributed by atoms with van der Waals surface area (Å²) < 4.78 is 21.0. The van der Waals surface area contributed by atoms with Crippen molar-refractivity contribution in [1.29, 1.82) is 0 Å². The van der Waals surface area contributed by atoms with Gasteiger partial charge in [-0.15, -0.1) is 0 Å². The van der Waals surface area contributed by atoms with Crippen LogP contribution in [0.1, 0.15) is 6.42 Å². The van der Waals surface area contributed by atoms with Gasteiger partial charge in [-0.1, -0.05) is 0 Å². The van der Waals surface area contributed by atoms with Crippen molar-refractivity contribution in [2.45, 2.75) is 17.7 Å². The normalized spacial score (nSPS) is 37.2. The fraction of sp³-hybridized carbons (Fsp3) is 1.00. The van der Waals surface area contributed by atoms with Crippen LogP contribution in [0.5, 0.6) is 0 Å². The van der Waals surface area contributed by atoms with Crippen molar-refractivity contribution >= 4 is 9.84 Å². The van der Waals surface area contributed by atoms with E-state index in [1.54, 1.807) is 0 Å². The van der Waals surface area contributed by atoms with Gasteiger partial charge in [-0.2, -0.15) is 0 Å². The van der Waals surface area contributed by atoms with Crippen molar-refractivity contribution in [1.82, 2.24) is 0 Å². The summed E-state index contributed by atoms with van der Waals surface area (Å²) >= 11 is 0. The molecule has 1 aliphatic carbocycles. The van der Waals surface area contributed by atoms with E-state index in [1.165, 1.54) is 6.26 Å². The van der Waals surface area contributed by atoms with Gasteiger partial charge >= 0.3 is 0 Å². The third-order valence-corrected chi connectivity index (χ3v) is 2.97. The van der Waals surface area contributed by atoms with E-state index in [-0.39, 0.29) is 11.3 Å². The Morgan fingerprint density at radius 3 is 2.00 bits per heavy atom. The summed E-state index contributed by atoms with van der Waals surface area (Å²) in [5.74, 6) is 0. The van der Waals surface area contributed by atoms with Gasteiger partial charge < -0.3 is 5.73 Å². The summed E-state index contributed by atoms with van der Waals surface area (Å²) in [4.78, 5) is 0. The fourth-order valence-corrected chi connectivity index (χ4v) is 1.89. The Kier molecular flexibility index (Phi) is 1.09. The van der Waals surface area contributed by atoms with Crippen LogP contribution >= 0.6 is 0 Å². The molecule has 0 radical (unpaired) electrons. The van der Waals surface area contributed by atoms with Crippen LogP contribution in [0.3, 0.4) is 0 Å². The van der Waals surface area contributed by atoms with E-state index in [0.29, 0.717) is 6.42 Å².